The molecule has 1 aliphatic rings. The number of amides is 1. The molecule has 0 aliphatic carbocycles. The first kappa shape index (κ1) is 12.4. The maximum Gasteiger partial charge on any atom is 0.410 e. The number of thiophene rings is 1. The fourth-order valence-electron chi connectivity index (χ4n) is 2.19. The van der Waals surface area contributed by atoms with Crippen LogP contribution in [0.2, 0.25) is 0 Å². The van der Waals surface area contributed by atoms with Crippen molar-refractivity contribution in [3.63, 3.8) is 0 Å². The molecule has 1 unspecified atom stereocenters. The second kappa shape index (κ2) is 5.54. The molecule has 2 heterocycles. The quantitative estimate of drug-likeness (QED) is 0.806. The van der Waals surface area contributed by atoms with Crippen molar-refractivity contribution in [3.05, 3.63) is 22.4 Å². The lowest BCUT2D eigenvalue weighted by Crippen LogP contribution is -2.35. The maximum atomic E-state index is 11.6. The molecule has 0 bridgehead atoms. The van der Waals surface area contributed by atoms with Gasteiger partial charge < -0.3 is 9.64 Å². The minimum atomic E-state index is -0.146. The van der Waals surface area contributed by atoms with Gasteiger partial charge in [-0.05, 0) is 30.2 Å². The van der Waals surface area contributed by atoms with E-state index < -0.39 is 0 Å². The normalized spacial score (nSPS) is 20.1. The van der Waals surface area contributed by atoms with Crippen molar-refractivity contribution >= 4 is 17.4 Å². The first-order valence-electron chi connectivity index (χ1n) is 6.12. The molecule has 1 fully saturated rings. The molecule has 4 heteroatoms. The molecule has 0 saturated carbocycles. The summed E-state index contributed by atoms with van der Waals surface area (Å²) >= 11 is 1.74. The van der Waals surface area contributed by atoms with Crippen LogP contribution in [0.25, 0.3) is 0 Å². The lowest BCUT2D eigenvalue weighted by Gasteiger charge is -2.22. The molecule has 1 aromatic rings. The number of carbonyl (C=O) groups excluding carboxylic acids is 1. The summed E-state index contributed by atoms with van der Waals surface area (Å²) in [7, 11) is 0. The summed E-state index contributed by atoms with van der Waals surface area (Å²) in [6.45, 7) is 5.69. The Morgan fingerprint density at radius 3 is 3.06 bits per heavy atom. The van der Waals surface area contributed by atoms with Gasteiger partial charge in [0.1, 0.15) is 6.61 Å². The summed E-state index contributed by atoms with van der Waals surface area (Å²) in [5, 5.41) is 2.07. The summed E-state index contributed by atoms with van der Waals surface area (Å²) in [6.07, 6.45) is 1.81. The Morgan fingerprint density at radius 1 is 1.59 bits per heavy atom. The first-order valence-corrected chi connectivity index (χ1v) is 7.00. The van der Waals surface area contributed by atoms with Crippen LogP contribution >= 0.6 is 11.3 Å². The number of nitrogens with zero attached hydrogens (tertiary/aromatic N) is 1. The van der Waals surface area contributed by atoms with Gasteiger partial charge in [-0.2, -0.15) is 0 Å². The molecular formula is C13H19NO2S. The number of rotatable bonds is 5. The Labute approximate surface area is 106 Å². The van der Waals surface area contributed by atoms with Crippen LogP contribution in [0.15, 0.2) is 17.5 Å². The van der Waals surface area contributed by atoms with Crippen molar-refractivity contribution < 1.29 is 9.53 Å². The molecule has 0 radical (unpaired) electrons. The van der Waals surface area contributed by atoms with E-state index in [1.54, 1.807) is 11.3 Å². The second-order valence-electron chi connectivity index (χ2n) is 4.88. The van der Waals surface area contributed by atoms with Crippen LogP contribution in [0, 0.1) is 5.92 Å². The summed E-state index contributed by atoms with van der Waals surface area (Å²) in [5.74, 6) is 0.596. The third-order valence-corrected chi connectivity index (χ3v) is 3.93. The zero-order valence-electron chi connectivity index (χ0n) is 10.4. The molecule has 0 spiro atoms. The molecule has 1 atom stereocenters. The smallest absolute Gasteiger partial charge is 0.410 e. The van der Waals surface area contributed by atoms with Crippen LogP contribution in [0.3, 0.4) is 0 Å². The van der Waals surface area contributed by atoms with Crippen LogP contribution in [0.5, 0.6) is 0 Å². The molecule has 1 amide bonds. The van der Waals surface area contributed by atoms with Gasteiger partial charge in [0.15, 0.2) is 0 Å². The fraction of sp³-hybridized carbons (Fsp3) is 0.615. The van der Waals surface area contributed by atoms with Crippen molar-refractivity contribution in [2.45, 2.75) is 32.7 Å². The lowest BCUT2D eigenvalue weighted by atomic mass is 10.0. The van der Waals surface area contributed by atoms with Gasteiger partial charge in [0, 0.05) is 11.4 Å². The van der Waals surface area contributed by atoms with Crippen molar-refractivity contribution in [1.82, 2.24) is 4.90 Å². The van der Waals surface area contributed by atoms with Crippen molar-refractivity contribution in [2.75, 3.05) is 13.2 Å². The molecule has 17 heavy (non-hydrogen) atoms. The van der Waals surface area contributed by atoms with Gasteiger partial charge >= 0.3 is 6.09 Å². The van der Waals surface area contributed by atoms with Crippen molar-refractivity contribution in [1.29, 1.82) is 0 Å². The standard InChI is InChI=1S/C13H19NO2S/c1-10(2)8-11-9-16-13(15)14(11)6-5-12-4-3-7-17-12/h3-4,7,10-11H,5-6,8-9H2,1-2H3. The van der Waals surface area contributed by atoms with Crippen molar-refractivity contribution in [3.8, 4) is 0 Å². The Kier molecular flexibility index (Phi) is 4.05. The van der Waals surface area contributed by atoms with Gasteiger partial charge in [0.25, 0.3) is 0 Å². The monoisotopic (exact) mass is 253 g/mol. The molecule has 0 aromatic carbocycles. The number of hydrogen-bond acceptors (Lipinski definition) is 3. The van der Waals surface area contributed by atoms with Gasteiger partial charge in [-0.1, -0.05) is 19.9 Å². The lowest BCUT2D eigenvalue weighted by molar-refractivity contribution is 0.157. The van der Waals surface area contributed by atoms with Gasteiger partial charge in [-0.15, -0.1) is 11.3 Å². The highest BCUT2D eigenvalue weighted by Gasteiger charge is 2.32. The van der Waals surface area contributed by atoms with E-state index in [-0.39, 0.29) is 12.1 Å². The zero-order chi connectivity index (χ0) is 12.3. The molecule has 0 N–H and O–H groups in total. The number of hydrogen-bond donors (Lipinski definition) is 0. The van der Waals surface area contributed by atoms with E-state index in [4.69, 9.17) is 4.74 Å². The summed E-state index contributed by atoms with van der Waals surface area (Å²) < 4.78 is 5.14. The van der Waals surface area contributed by atoms with E-state index in [1.807, 2.05) is 11.0 Å². The number of carbonyl (C=O) groups is 1. The molecule has 1 saturated heterocycles. The largest absolute Gasteiger partial charge is 0.447 e. The van der Waals surface area contributed by atoms with E-state index in [1.165, 1.54) is 4.88 Å². The summed E-state index contributed by atoms with van der Waals surface area (Å²) in [6, 6.07) is 4.43. The average molecular weight is 253 g/mol. The topological polar surface area (TPSA) is 29.5 Å². The molecular weight excluding hydrogens is 234 g/mol. The molecule has 94 valence electrons. The van der Waals surface area contributed by atoms with Gasteiger partial charge in [-0.3, -0.25) is 0 Å². The van der Waals surface area contributed by atoms with Crippen LogP contribution in [0.1, 0.15) is 25.1 Å². The zero-order valence-corrected chi connectivity index (χ0v) is 11.2. The number of cyclic esters (lactones) is 1. The predicted molar refractivity (Wildman–Crippen MR) is 69.3 cm³/mol. The predicted octanol–water partition coefficient (Wildman–Crippen LogP) is 3.16. The Morgan fingerprint density at radius 2 is 2.41 bits per heavy atom. The summed E-state index contributed by atoms with van der Waals surface area (Å²) in [5.41, 5.74) is 0. The van der Waals surface area contributed by atoms with E-state index in [9.17, 15) is 4.79 Å². The Bertz CT molecular complexity index is 362. The minimum Gasteiger partial charge on any atom is -0.447 e. The molecule has 1 aromatic heterocycles. The minimum absolute atomic E-state index is 0.146. The first-order chi connectivity index (χ1) is 8.16. The van der Waals surface area contributed by atoms with Gasteiger partial charge in [0.2, 0.25) is 0 Å². The van der Waals surface area contributed by atoms with Crippen LogP contribution in [-0.4, -0.2) is 30.2 Å². The van der Waals surface area contributed by atoms with E-state index >= 15 is 0 Å². The van der Waals surface area contributed by atoms with Gasteiger partial charge in [0.05, 0.1) is 6.04 Å². The highest BCUT2D eigenvalue weighted by Crippen LogP contribution is 2.20. The summed E-state index contributed by atoms with van der Waals surface area (Å²) in [4.78, 5) is 14.8. The van der Waals surface area contributed by atoms with Crippen LogP contribution in [-0.2, 0) is 11.2 Å². The third-order valence-electron chi connectivity index (χ3n) is 3.00. The van der Waals surface area contributed by atoms with Crippen LogP contribution in [0.4, 0.5) is 4.79 Å². The average Bonchev–Trinajstić information content (AvgIpc) is 2.87. The molecule has 3 nitrogen and oxygen atoms in total. The van der Waals surface area contributed by atoms with E-state index in [2.05, 4.69) is 25.3 Å². The maximum absolute atomic E-state index is 11.6. The van der Waals surface area contributed by atoms with E-state index in [0.717, 1.165) is 19.4 Å². The highest BCUT2D eigenvalue weighted by molar-refractivity contribution is 7.09. The fourth-order valence-corrected chi connectivity index (χ4v) is 2.89. The van der Waals surface area contributed by atoms with E-state index in [0.29, 0.717) is 12.5 Å². The SMILES string of the molecule is CC(C)CC1COC(=O)N1CCc1cccs1. The highest BCUT2D eigenvalue weighted by atomic mass is 32.1. The third kappa shape index (κ3) is 3.22. The molecule has 1 aliphatic heterocycles. The molecule has 2 rings (SSSR count). The van der Waals surface area contributed by atoms with Gasteiger partial charge in [-0.25, -0.2) is 4.79 Å². The number of ether oxygens (including phenoxy) is 1. The van der Waals surface area contributed by atoms with Crippen LogP contribution < -0.4 is 0 Å². The van der Waals surface area contributed by atoms with Crippen molar-refractivity contribution in [2.24, 2.45) is 5.92 Å². The Balaban J connectivity index is 1.90. The Hall–Kier alpha value is -1.03. The second-order valence-corrected chi connectivity index (χ2v) is 5.92.